The van der Waals surface area contributed by atoms with E-state index in [9.17, 15) is 13.2 Å². The molecule has 156 valence electrons. The number of nitrogens with zero attached hydrogens (tertiary/aromatic N) is 1. The number of amides is 1. The second-order valence-electron chi connectivity index (χ2n) is 6.92. The molecule has 0 radical (unpaired) electrons. The fraction of sp³-hybridized carbons (Fsp3) is 0.174. The summed E-state index contributed by atoms with van der Waals surface area (Å²) in [5.41, 5.74) is 1.53. The van der Waals surface area contributed by atoms with Crippen molar-refractivity contribution in [2.24, 2.45) is 0 Å². The lowest BCUT2D eigenvalue weighted by atomic mass is 10.0. The minimum Gasteiger partial charge on any atom is -0.354 e. The van der Waals surface area contributed by atoms with Gasteiger partial charge < -0.3 is 5.32 Å². The summed E-state index contributed by atoms with van der Waals surface area (Å²) in [6, 6.07) is 24.9. The fourth-order valence-electron chi connectivity index (χ4n) is 3.02. The minimum atomic E-state index is -3.91. The van der Waals surface area contributed by atoms with Crippen molar-refractivity contribution in [1.82, 2.24) is 5.32 Å². The molecule has 0 spiro atoms. The van der Waals surface area contributed by atoms with Gasteiger partial charge in [0.05, 0.1) is 10.6 Å². The van der Waals surface area contributed by atoms with Crippen LogP contribution in [0.1, 0.15) is 18.4 Å². The summed E-state index contributed by atoms with van der Waals surface area (Å²) >= 11 is 3.37. The maximum atomic E-state index is 13.3. The van der Waals surface area contributed by atoms with E-state index in [0.717, 1.165) is 14.3 Å². The number of hydrogen-bond acceptors (Lipinski definition) is 3. The molecular formula is C23H23BrN2O3S. The third-order valence-corrected chi connectivity index (χ3v) is 6.97. The number of hydrogen-bond donors (Lipinski definition) is 1. The van der Waals surface area contributed by atoms with Gasteiger partial charge in [0.15, 0.2) is 0 Å². The zero-order valence-electron chi connectivity index (χ0n) is 16.5. The largest absolute Gasteiger partial charge is 0.354 e. The Hall–Kier alpha value is -2.64. The van der Waals surface area contributed by atoms with E-state index in [1.165, 1.54) is 12.1 Å². The van der Waals surface area contributed by atoms with Crippen molar-refractivity contribution in [2.75, 3.05) is 17.4 Å². The quantitative estimate of drug-likeness (QED) is 0.507. The van der Waals surface area contributed by atoms with Gasteiger partial charge in [0.25, 0.3) is 10.0 Å². The average molecular weight is 487 g/mol. The average Bonchev–Trinajstić information content (AvgIpc) is 2.77. The molecule has 30 heavy (non-hydrogen) atoms. The molecule has 7 heteroatoms. The highest BCUT2D eigenvalue weighted by Crippen LogP contribution is 2.26. The van der Waals surface area contributed by atoms with Gasteiger partial charge in [-0.1, -0.05) is 77.5 Å². The monoisotopic (exact) mass is 486 g/mol. The maximum Gasteiger partial charge on any atom is 0.264 e. The van der Waals surface area contributed by atoms with Crippen LogP contribution in [-0.2, 0) is 14.8 Å². The molecule has 0 aliphatic carbocycles. The zero-order valence-corrected chi connectivity index (χ0v) is 18.9. The van der Waals surface area contributed by atoms with Gasteiger partial charge in [-0.15, -0.1) is 0 Å². The highest BCUT2D eigenvalue weighted by Gasteiger charge is 2.27. The lowest BCUT2D eigenvalue weighted by molar-refractivity contribution is -0.119. The Labute approximate surface area is 185 Å². The van der Waals surface area contributed by atoms with E-state index in [2.05, 4.69) is 21.2 Å². The number of nitrogens with one attached hydrogen (secondary N) is 1. The normalized spacial score (nSPS) is 12.2. The Morgan fingerprint density at radius 3 is 2.23 bits per heavy atom. The standard InChI is InChI=1S/C23H23BrN2O3S/c1-18(19-9-4-2-5-10-19)16-25-23(27)17-26(21-12-8-11-20(24)15-21)30(28,29)22-13-6-3-7-14-22/h2-15,18H,16-17H2,1H3,(H,25,27). The molecule has 1 amide bonds. The number of benzene rings is 3. The summed E-state index contributed by atoms with van der Waals surface area (Å²) in [4.78, 5) is 12.8. The summed E-state index contributed by atoms with van der Waals surface area (Å²) in [7, 11) is -3.91. The smallest absolute Gasteiger partial charge is 0.264 e. The van der Waals surface area contributed by atoms with Crippen LogP contribution < -0.4 is 9.62 Å². The Morgan fingerprint density at radius 1 is 0.967 bits per heavy atom. The first-order valence-corrected chi connectivity index (χ1v) is 11.8. The lowest BCUT2D eigenvalue weighted by Crippen LogP contribution is -2.41. The molecule has 0 aliphatic rings. The van der Waals surface area contributed by atoms with E-state index in [0.29, 0.717) is 12.2 Å². The van der Waals surface area contributed by atoms with Crippen molar-refractivity contribution < 1.29 is 13.2 Å². The van der Waals surface area contributed by atoms with Gasteiger partial charge in [-0.2, -0.15) is 0 Å². The molecule has 1 unspecified atom stereocenters. The molecule has 0 saturated heterocycles. The predicted molar refractivity (Wildman–Crippen MR) is 123 cm³/mol. The second kappa shape index (κ2) is 9.91. The predicted octanol–water partition coefficient (Wildman–Crippen LogP) is 4.56. The van der Waals surface area contributed by atoms with Gasteiger partial charge in [0.2, 0.25) is 5.91 Å². The van der Waals surface area contributed by atoms with Crippen molar-refractivity contribution in [3.05, 3.63) is 95.0 Å². The molecule has 3 aromatic carbocycles. The molecule has 0 saturated carbocycles. The van der Waals surface area contributed by atoms with E-state index in [-0.39, 0.29) is 23.3 Å². The summed E-state index contributed by atoms with van der Waals surface area (Å²) in [5, 5.41) is 2.86. The lowest BCUT2D eigenvalue weighted by Gasteiger charge is -2.24. The molecule has 0 bridgehead atoms. The van der Waals surface area contributed by atoms with Crippen molar-refractivity contribution in [2.45, 2.75) is 17.7 Å². The highest BCUT2D eigenvalue weighted by molar-refractivity contribution is 9.10. The highest BCUT2D eigenvalue weighted by atomic mass is 79.9. The Kier molecular flexibility index (Phi) is 7.29. The first kappa shape index (κ1) is 22.1. The SMILES string of the molecule is CC(CNC(=O)CN(c1cccc(Br)c1)S(=O)(=O)c1ccccc1)c1ccccc1. The summed E-state index contributed by atoms with van der Waals surface area (Å²) in [6.07, 6.45) is 0. The topological polar surface area (TPSA) is 66.5 Å². The van der Waals surface area contributed by atoms with E-state index in [1.807, 2.05) is 37.3 Å². The summed E-state index contributed by atoms with van der Waals surface area (Å²) in [6.45, 7) is 2.12. The minimum absolute atomic E-state index is 0.111. The number of halogens is 1. The van der Waals surface area contributed by atoms with Crippen LogP contribution in [0.25, 0.3) is 0 Å². The molecule has 3 rings (SSSR count). The molecular weight excluding hydrogens is 464 g/mol. The van der Waals surface area contributed by atoms with Crippen molar-refractivity contribution in [1.29, 1.82) is 0 Å². The molecule has 1 atom stereocenters. The molecule has 0 aromatic heterocycles. The fourth-order valence-corrected chi connectivity index (χ4v) is 4.84. The second-order valence-corrected chi connectivity index (χ2v) is 9.70. The molecule has 1 N–H and O–H groups in total. The van der Waals surface area contributed by atoms with Crippen LogP contribution in [0.4, 0.5) is 5.69 Å². The van der Waals surface area contributed by atoms with E-state index >= 15 is 0 Å². The van der Waals surface area contributed by atoms with Gasteiger partial charge >= 0.3 is 0 Å². The number of anilines is 1. The Balaban J connectivity index is 1.80. The zero-order chi connectivity index (χ0) is 21.6. The van der Waals surface area contributed by atoms with E-state index < -0.39 is 10.0 Å². The van der Waals surface area contributed by atoms with Crippen molar-refractivity contribution >= 4 is 37.5 Å². The number of carbonyl (C=O) groups excluding carboxylic acids is 1. The van der Waals surface area contributed by atoms with Gasteiger partial charge in [-0.3, -0.25) is 9.10 Å². The molecule has 5 nitrogen and oxygen atoms in total. The van der Waals surface area contributed by atoms with Gasteiger partial charge in [-0.05, 0) is 41.8 Å². The van der Waals surface area contributed by atoms with Crippen LogP contribution in [0.5, 0.6) is 0 Å². The third kappa shape index (κ3) is 5.49. The van der Waals surface area contributed by atoms with Gasteiger partial charge in [0.1, 0.15) is 6.54 Å². The molecule has 0 aliphatic heterocycles. The molecule has 0 heterocycles. The van der Waals surface area contributed by atoms with E-state index in [1.54, 1.807) is 42.5 Å². The van der Waals surface area contributed by atoms with Crippen LogP contribution in [0.3, 0.4) is 0 Å². The maximum absolute atomic E-state index is 13.3. The van der Waals surface area contributed by atoms with Crippen molar-refractivity contribution in [3.63, 3.8) is 0 Å². The Morgan fingerprint density at radius 2 is 1.60 bits per heavy atom. The van der Waals surface area contributed by atoms with Gasteiger partial charge in [0, 0.05) is 11.0 Å². The van der Waals surface area contributed by atoms with Crippen LogP contribution in [0, 0.1) is 0 Å². The molecule has 0 fully saturated rings. The number of sulfonamides is 1. The van der Waals surface area contributed by atoms with Crippen molar-refractivity contribution in [3.8, 4) is 0 Å². The Bertz CT molecular complexity index is 1090. The van der Waals surface area contributed by atoms with E-state index in [4.69, 9.17) is 0 Å². The van der Waals surface area contributed by atoms with Gasteiger partial charge in [-0.25, -0.2) is 8.42 Å². The van der Waals surface area contributed by atoms with Crippen LogP contribution in [0.15, 0.2) is 94.3 Å². The third-order valence-electron chi connectivity index (χ3n) is 4.69. The summed E-state index contributed by atoms with van der Waals surface area (Å²) < 4.78 is 28.4. The van der Waals surface area contributed by atoms with Crippen LogP contribution in [0.2, 0.25) is 0 Å². The van der Waals surface area contributed by atoms with Crippen LogP contribution >= 0.6 is 15.9 Å². The summed E-state index contributed by atoms with van der Waals surface area (Å²) in [5.74, 6) is -0.252. The first-order chi connectivity index (χ1) is 14.4. The molecule has 3 aromatic rings. The number of rotatable bonds is 8. The number of carbonyl (C=O) groups is 1. The van der Waals surface area contributed by atoms with Crippen LogP contribution in [-0.4, -0.2) is 27.4 Å². The first-order valence-electron chi connectivity index (χ1n) is 9.53.